The first-order valence-corrected chi connectivity index (χ1v) is 9.31. The molecule has 128 valence electrons. The standard InChI is InChI=1S/C18H21FN2O2S/c19-16-2-1-6-20-17(16)23-15-10-18(22-12-15)4-7-21(8-5-18)11-14-3-9-24-13-14/h1-3,6,9,13,15H,4-5,7-8,10-12H2/t15-/m1/s1. The highest BCUT2D eigenvalue weighted by Gasteiger charge is 2.43. The van der Waals surface area contributed by atoms with Crippen molar-refractivity contribution in [3.05, 3.63) is 46.5 Å². The SMILES string of the molecule is Fc1cccnc1O[C@H]1COC2(CCN(Cc3ccsc3)CC2)C1. The zero-order valence-corrected chi connectivity index (χ0v) is 14.3. The minimum atomic E-state index is -0.413. The van der Waals surface area contributed by atoms with Gasteiger partial charge in [-0.2, -0.15) is 11.3 Å². The zero-order chi connectivity index (χ0) is 16.4. The van der Waals surface area contributed by atoms with Crippen molar-refractivity contribution in [1.29, 1.82) is 0 Å². The normalized spacial score (nSPS) is 23.6. The van der Waals surface area contributed by atoms with Gasteiger partial charge in [0.05, 0.1) is 12.2 Å². The van der Waals surface area contributed by atoms with Crippen molar-refractivity contribution in [2.45, 2.75) is 37.5 Å². The van der Waals surface area contributed by atoms with Crippen LogP contribution < -0.4 is 4.74 Å². The lowest BCUT2D eigenvalue weighted by Crippen LogP contribution is -2.44. The summed E-state index contributed by atoms with van der Waals surface area (Å²) >= 11 is 1.74. The van der Waals surface area contributed by atoms with Crippen molar-refractivity contribution in [2.24, 2.45) is 0 Å². The van der Waals surface area contributed by atoms with E-state index in [1.807, 2.05) is 0 Å². The molecule has 0 N–H and O–H groups in total. The fourth-order valence-electron chi connectivity index (χ4n) is 3.60. The third-order valence-corrected chi connectivity index (χ3v) is 5.66. The fourth-order valence-corrected chi connectivity index (χ4v) is 4.26. The van der Waals surface area contributed by atoms with Gasteiger partial charge in [0.15, 0.2) is 5.82 Å². The molecule has 4 heterocycles. The second-order valence-electron chi connectivity index (χ2n) is 6.64. The number of rotatable bonds is 4. The van der Waals surface area contributed by atoms with Gasteiger partial charge in [-0.15, -0.1) is 0 Å². The molecule has 0 radical (unpaired) electrons. The van der Waals surface area contributed by atoms with E-state index < -0.39 is 5.82 Å². The van der Waals surface area contributed by atoms with Gasteiger partial charge in [-0.25, -0.2) is 9.37 Å². The molecule has 0 aromatic carbocycles. The minimum Gasteiger partial charge on any atom is -0.470 e. The van der Waals surface area contributed by atoms with Crippen LogP contribution in [0, 0.1) is 5.82 Å². The molecule has 2 aliphatic heterocycles. The molecule has 0 amide bonds. The van der Waals surface area contributed by atoms with Gasteiger partial charge in [-0.05, 0) is 47.4 Å². The van der Waals surface area contributed by atoms with E-state index in [-0.39, 0.29) is 17.6 Å². The van der Waals surface area contributed by atoms with Crippen molar-refractivity contribution >= 4 is 11.3 Å². The zero-order valence-electron chi connectivity index (χ0n) is 13.5. The van der Waals surface area contributed by atoms with Crippen molar-refractivity contribution in [3.8, 4) is 5.88 Å². The van der Waals surface area contributed by atoms with Crippen LogP contribution in [0.25, 0.3) is 0 Å². The van der Waals surface area contributed by atoms with Crippen molar-refractivity contribution < 1.29 is 13.9 Å². The maximum absolute atomic E-state index is 13.7. The first kappa shape index (κ1) is 16.0. The summed E-state index contributed by atoms with van der Waals surface area (Å²) in [7, 11) is 0. The van der Waals surface area contributed by atoms with Crippen LogP contribution in [0.2, 0.25) is 0 Å². The van der Waals surface area contributed by atoms with E-state index >= 15 is 0 Å². The molecule has 4 rings (SSSR count). The Morgan fingerprint density at radius 2 is 2.25 bits per heavy atom. The number of piperidine rings is 1. The van der Waals surface area contributed by atoms with Crippen LogP contribution in [-0.2, 0) is 11.3 Å². The average molecular weight is 348 g/mol. The molecule has 4 nitrogen and oxygen atoms in total. The summed E-state index contributed by atoms with van der Waals surface area (Å²) in [4.78, 5) is 6.44. The van der Waals surface area contributed by atoms with Crippen molar-refractivity contribution in [3.63, 3.8) is 0 Å². The Labute approximate surface area is 145 Å². The number of hydrogen-bond acceptors (Lipinski definition) is 5. The van der Waals surface area contributed by atoms with Crippen LogP contribution >= 0.6 is 11.3 Å². The third kappa shape index (κ3) is 3.45. The molecule has 24 heavy (non-hydrogen) atoms. The van der Waals surface area contributed by atoms with E-state index in [9.17, 15) is 4.39 Å². The lowest BCUT2D eigenvalue weighted by molar-refractivity contribution is -0.0455. The highest BCUT2D eigenvalue weighted by Crippen LogP contribution is 2.37. The van der Waals surface area contributed by atoms with E-state index in [1.54, 1.807) is 23.6 Å². The number of likely N-dealkylation sites (tertiary alicyclic amines) is 1. The third-order valence-electron chi connectivity index (χ3n) is 4.93. The Kier molecular flexibility index (Phi) is 4.52. The maximum atomic E-state index is 13.7. The minimum absolute atomic E-state index is 0.0815. The number of hydrogen-bond donors (Lipinski definition) is 0. The predicted octanol–water partition coefficient (Wildman–Crippen LogP) is 3.48. The quantitative estimate of drug-likeness (QED) is 0.847. The molecule has 0 saturated carbocycles. The van der Waals surface area contributed by atoms with Gasteiger partial charge in [0, 0.05) is 32.3 Å². The summed E-state index contributed by atoms with van der Waals surface area (Å²) in [5, 5.41) is 4.33. The van der Waals surface area contributed by atoms with E-state index in [1.165, 1.54) is 11.6 Å². The molecule has 2 aromatic heterocycles. The summed E-state index contributed by atoms with van der Waals surface area (Å²) in [6.07, 6.45) is 4.25. The Hall–Kier alpha value is -1.50. The largest absolute Gasteiger partial charge is 0.470 e. The Balaban J connectivity index is 1.31. The molecule has 2 fully saturated rings. The monoisotopic (exact) mass is 348 g/mol. The van der Waals surface area contributed by atoms with Gasteiger partial charge in [-0.1, -0.05) is 0 Å². The second kappa shape index (κ2) is 6.78. The van der Waals surface area contributed by atoms with E-state index in [0.29, 0.717) is 6.61 Å². The number of thiophene rings is 1. The van der Waals surface area contributed by atoms with Crippen molar-refractivity contribution in [1.82, 2.24) is 9.88 Å². The number of nitrogens with zero attached hydrogens (tertiary/aromatic N) is 2. The number of halogens is 1. The first-order valence-electron chi connectivity index (χ1n) is 8.37. The molecular weight excluding hydrogens is 327 g/mol. The van der Waals surface area contributed by atoms with E-state index in [0.717, 1.165) is 38.9 Å². The van der Waals surface area contributed by atoms with Crippen LogP contribution in [-0.4, -0.2) is 41.3 Å². The fraction of sp³-hybridized carbons (Fsp3) is 0.500. The molecule has 0 aliphatic carbocycles. The lowest BCUT2D eigenvalue weighted by atomic mass is 9.88. The first-order chi connectivity index (χ1) is 11.7. The molecule has 2 aromatic rings. The van der Waals surface area contributed by atoms with Crippen LogP contribution in [0.4, 0.5) is 4.39 Å². The van der Waals surface area contributed by atoms with Crippen LogP contribution in [0.15, 0.2) is 35.2 Å². The second-order valence-corrected chi connectivity index (χ2v) is 7.42. The Morgan fingerprint density at radius 3 is 3.00 bits per heavy atom. The highest BCUT2D eigenvalue weighted by atomic mass is 32.1. The summed E-state index contributed by atoms with van der Waals surface area (Å²) in [5.41, 5.74) is 1.27. The van der Waals surface area contributed by atoms with E-state index in [2.05, 4.69) is 26.7 Å². The molecular formula is C18H21FN2O2S. The Morgan fingerprint density at radius 1 is 1.38 bits per heavy atom. The molecule has 0 bridgehead atoms. The van der Waals surface area contributed by atoms with Crippen molar-refractivity contribution in [2.75, 3.05) is 19.7 Å². The number of pyridine rings is 1. The van der Waals surface area contributed by atoms with Gasteiger partial charge < -0.3 is 9.47 Å². The Bertz CT molecular complexity index is 671. The molecule has 2 aliphatic rings. The summed E-state index contributed by atoms with van der Waals surface area (Å²) in [6.45, 7) is 3.58. The van der Waals surface area contributed by atoms with Gasteiger partial charge in [-0.3, -0.25) is 4.90 Å². The summed E-state index contributed by atoms with van der Waals surface area (Å²) in [5.74, 6) is -0.331. The maximum Gasteiger partial charge on any atom is 0.250 e. The molecule has 6 heteroatoms. The van der Waals surface area contributed by atoms with Gasteiger partial charge >= 0.3 is 0 Å². The lowest BCUT2D eigenvalue weighted by Gasteiger charge is -2.38. The van der Waals surface area contributed by atoms with Crippen LogP contribution in [0.3, 0.4) is 0 Å². The van der Waals surface area contributed by atoms with Crippen LogP contribution in [0.1, 0.15) is 24.8 Å². The van der Waals surface area contributed by atoms with Gasteiger partial charge in [0.1, 0.15) is 6.10 Å². The van der Waals surface area contributed by atoms with Gasteiger partial charge in [0.2, 0.25) is 0 Å². The summed E-state index contributed by atoms with van der Waals surface area (Å²) in [6, 6.07) is 5.13. The molecule has 1 spiro atoms. The summed E-state index contributed by atoms with van der Waals surface area (Å²) < 4.78 is 25.5. The number of aromatic nitrogens is 1. The molecule has 2 saturated heterocycles. The smallest absolute Gasteiger partial charge is 0.250 e. The predicted molar refractivity (Wildman–Crippen MR) is 90.7 cm³/mol. The highest BCUT2D eigenvalue weighted by molar-refractivity contribution is 7.07. The number of ether oxygens (including phenoxy) is 2. The molecule has 1 atom stereocenters. The molecule has 0 unspecified atom stereocenters. The van der Waals surface area contributed by atoms with Crippen LogP contribution in [0.5, 0.6) is 5.88 Å². The van der Waals surface area contributed by atoms with E-state index in [4.69, 9.17) is 9.47 Å². The average Bonchev–Trinajstić information content (AvgIpc) is 3.23. The topological polar surface area (TPSA) is 34.6 Å². The van der Waals surface area contributed by atoms with Gasteiger partial charge in [0.25, 0.3) is 5.88 Å².